The second kappa shape index (κ2) is 4.86. The second-order valence-electron chi connectivity index (χ2n) is 3.10. The summed E-state index contributed by atoms with van der Waals surface area (Å²) in [5, 5.41) is 1.96. The lowest BCUT2D eigenvalue weighted by Gasteiger charge is -2.09. The molecule has 1 aromatic rings. The minimum absolute atomic E-state index is 0.172. The second-order valence-corrected chi connectivity index (χ2v) is 3.10. The van der Waals surface area contributed by atoms with Gasteiger partial charge in [-0.05, 0) is 5.18 Å². The number of alkyl halides is 3. The summed E-state index contributed by atoms with van der Waals surface area (Å²) in [6.45, 7) is 0. The van der Waals surface area contributed by atoms with E-state index in [2.05, 4.69) is 0 Å². The molecule has 0 aliphatic heterocycles. The van der Waals surface area contributed by atoms with Crippen LogP contribution in [0.25, 0.3) is 0 Å². The standard InChI is InChI=1S/C10H6F3NO3/c11-10(12,13)9(16)7(14-17)8(15)6-4-2-1-3-5-6/h1-5,7H. The van der Waals surface area contributed by atoms with Crippen LogP contribution in [0, 0.1) is 4.91 Å². The number of halogens is 3. The van der Waals surface area contributed by atoms with Crippen molar-refractivity contribution in [1.82, 2.24) is 0 Å². The first-order chi connectivity index (χ1) is 7.88. The van der Waals surface area contributed by atoms with Gasteiger partial charge in [0.2, 0.25) is 6.04 Å². The van der Waals surface area contributed by atoms with Crippen molar-refractivity contribution in [3.63, 3.8) is 0 Å². The van der Waals surface area contributed by atoms with Crippen LogP contribution in [0.15, 0.2) is 35.5 Å². The summed E-state index contributed by atoms with van der Waals surface area (Å²) in [4.78, 5) is 32.4. The highest BCUT2D eigenvalue weighted by Gasteiger charge is 2.47. The molecule has 1 rings (SSSR count). The molecule has 0 saturated heterocycles. The summed E-state index contributed by atoms with van der Waals surface area (Å²) >= 11 is 0. The molecule has 0 fully saturated rings. The van der Waals surface area contributed by atoms with E-state index in [9.17, 15) is 27.7 Å². The normalized spacial score (nSPS) is 12.9. The molecule has 0 bridgehead atoms. The Bertz CT molecular complexity index is 442. The molecular formula is C10H6F3NO3. The van der Waals surface area contributed by atoms with Gasteiger partial charge < -0.3 is 0 Å². The van der Waals surface area contributed by atoms with Crippen LogP contribution in [0.2, 0.25) is 0 Å². The Morgan fingerprint density at radius 2 is 1.65 bits per heavy atom. The number of benzene rings is 1. The third-order valence-electron chi connectivity index (χ3n) is 1.94. The number of rotatable bonds is 4. The number of carbonyl (C=O) groups is 2. The highest BCUT2D eigenvalue weighted by atomic mass is 19.4. The Balaban J connectivity index is 3.01. The minimum Gasteiger partial charge on any atom is -0.291 e. The topological polar surface area (TPSA) is 63.6 Å². The Kier molecular flexibility index (Phi) is 3.72. The van der Waals surface area contributed by atoms with E-state index in [1.54, 1.807) is 0 Å². The van der Waals surface area contributed by atoms with E-state index in [1.807, 2.05) is 5.18 Å². The molecule has 7 heteroatoms. The molecule has 0 aromatic heterocycles. The highest BCUT2D eigenvalue weighted by molar-refractivity contribution is 6.15. The van der Waals surface area contributed by atoms with E-state index in [0.717, 1.165) is 0 Å². The Morgan fingerprint density at radius 1 is 1.12 bits per heavy atom. The Labute approximate surface area is 93.4 Å². The van der Waals surface area contributed by atoms with Crippen molar-refractivity contribution in [1.29, 1.82) is 0 Å². The quantitative estimate of drug-likeness (QED) is 0.463. The van der Waals surface area contributed by atoms with Gasteiger partial charge in [-0.1, -0.05) is 30.3 Å². The Morgan fingerprint density at radius 3 is 2.06 bits per heavy atom. The van der Waals surface area contributed by atoms with Gasteiger partial charge in [-0.25, -0.2) is 0 Å². The molecule has 1 unspecified atom stereocenters. The van der Waals surface area contributed by atoms with E-state index in [1.165, 1.54) is 30.3 Å². The van der Waals surface area contributed by atoms with Gasteiger partial charge in [0.1, 0.15) is 0 Å². The van der Waals surface area contributed by atoms with Crippen molar-refractivity contribution in [2.24, 2.45) is 5.18 Å². The van der Waals surface area contributed by atoms with Gasteiger partial charge >= 0.3 is 6.18 Å². The first-order valence-corrected chi connectivity index (χ1v) is 4.40. The SMILES string of the molecule is O=NC(C(=O)c1ccccc1)C(=O)C(F)(F)F. The van der Waals surface area contributed by atoms with E-state index < -0.39 is 23.8 Å². The number of ketones is 2. The smallest absolute Gasteiger partial charge is 0.291 e. The molecule has 0 N–H and O–H groups in total. The number of Topliss-reactive ketones (excluding diaryl/α,β-unsaturated/α-hetero) is 2. The summed E-state index contributed by atoms with van der Waals surface area (Å²) in [6.07, 6.45) is -5.26. The number of hydrogen-bond acceptors (Lipinski definition) is 4. The molecule has 0 spiro atoms. The monoisotopic (exact) mass is 245 g/mol. The molecule has 90 valence electrons. The summed E-state index contributed by atoms with van der Waals surface area (Å²) in [5.41, 5.74) is -0.172. The summed E-state index contributed by atoms with van der Waals surface area (Å²) in [7, 11) is 0. The fourth-order valence-electron chi connectivity index (χ4n) is 1.13. The number of hydrogen-bond donors (Lipinski definition) is 0. The van der Waals surface area contributed by atoms with Crippen LogP contribution in [0.1, 0.15) is 10.4 Å². The molecule has 0 saturated carbocycles. The third kappa shape index (κ3) is 2.96. The summed E-state index contributed by atoms with van der Waals surface area (Å²) in [5.74, 6) is -3.72. The molecular weight excluding hydrogens is 239 g/mol. The van der Waals surface area contributed by atoms with Crippen molar-refractivity contribution in [2.75, 3.05) is 0 Å². The van der Waals surface area contributed by atoms with Gasteiger partial charge in [-0.2, -0.15) is 13.2 Å². The van der Waals surface area contributed by atoms with Crippen LogP contribution in [0.3, 0.4) is 0 Å². The molecule has 0 radical (unpaired) electrons. The van der Waals surface area contributed by atoms with Gasteiger partial charge in [-0.3, -0.25) is 9.59 Å². The minimum atomic E-state index is -5.26. The Hall–Kier alpha value is -2.05. The fourth-order valence-corrected chi connectivity index (χ4v) is 1.13. The predicted octanol–water partition coefficient (Wildman–Crippen LogP) is 2.14. The average Bonchev–Trinajstić information content (AvgIpc) is 2.29. The maximum atomic E-state index is 12.1. The molecule has 0 heterocycles. The zero-order valence-electron chi connectivity index (χ0n) is 8.27. The zero-order chi connectivity index (χ0) is 13.1. The zero-order valence-corrected chi connectivity index (χ0v) is 8.27. The maximum absolute atomic E-state index is 12.1. The van der Waals surface area contributed by atoms with Gasteiger partial charge in [0.15, 0.2) is 5.78 Å². The van der Waals surface area contributed by atoms with Gasteiger partial charge in [0, 0.05) is 5.56 Å². The first-order valence-electron chi connectivity index (χ1n) is 4.40. The molecule has 0 amide bonds. The van der Waals surface area contributed by atoms with Crippen LogP contribution >= 0.6 is 0 Å². The van der Waals surface area contributed by atoms with E-state index in [-0.39, 0.29) is 5.56 Å². The van der Waals surface area contributed by atoms with Crippen molar-refractivity contribution in [2.45, 2.75) is 12.2 Å². The van der Waals surface area contributed by atoms with Gasteiger partial charge in [-0.15, -0.1) is 4.91 Å². The molecule has 0 aliphatic carbocycles. The molecule has 17 heavy (non-hydrogen) atoms. The van der Waals surface area contributed by atoms with Crippen molar-refractivity contribution in [3.8, 4) is 0 Å². The predicted molar refractivity (Wildman–Crippen MR) is 51.4 cm³/mol. The van der Waals surface area contributed by atoms with Crippen LogP contribution in [0.5, 0.6) is 0 Å². The summed E-state index contributed by atoms with van der Waals surface area (Å²) < 4.78 is 36.2. The third-order valence-corrected chi connectivity index (χ3v) is 1.94. The molecule has 4 nitrogen and oxygen atoms in total. The van der Waals surface area contributed by atoms with Crippen molar-refractivity contribution >= 4 is 11.6 Å². The van der Waals surface area contributed by atoms with Crippen LogP contribution < -0.4 is 0 Å². The fraction of sp³-hybridized carbons (Fsp3) is 0.200. The first kappa shape index (κ1) is 13.0. The van der Waals surface area contributed by atoms with Crippen molar-refractivity contribution in [3.05, 3.63) is 40.8 Å². The van der Waals surface area contributed by atoms with Crippen LogP contribution in [-0.2, 0) is 4.79 Å². The van der Waals surface area contributed by atoms with Crippen LogP contribution in [0.4, 0.5) is 13.2 Å². The lowest BCUT2D eigenvalue weighted by Crippen LogP contribution is -2.38. The largest absolute Gasteiger partial charge is 0.452 e. The molecule has 1 atom stereocenters. The lowest BCUT2D eigenvalue weighted by molar-refractivity contribution is -0.171. The lowest BCUT2D eigenvalue weighted by atomic mass is 10.0. The van der Waals surface area contributed by atoms with Gasteiger partial charge in [0.05, 0.1) is 0 Å². The number of nitroso groups, excluding NO2 is 1. The van der Waals surface area contributed by atoms with Crippen molar-refractivity contribution < 1.29 is 22.8 Å². The highest BCUT2D eigenvalue weighted by Crippen LogP contribution is 2.21. The maximum Gasteiger partial charge on any atom is 0.452 e. The molecule has 1 aromatic carbocycles. The molecule has 0 aliphatic rings. The number of nitrogens with zero attached hydrogens (tertiary/aromatic N) is 1. The van der Waals surface area contributed by atoms with Crippen LogP contribution in [-0.4, -0.2) is 23.8 Å². The van der Waals surface area contributed by atoms with E-state index in [4.69, 9.17) is 0 Å². The summed E-state index contributed by atoms with van der Waals surface area (Å²) in [6, 6.07) is 4.15. The van der Waals surface area contributed by atoms with E-state index in [0.29, 0.717) is 0 Å². The van der Waals surface area contributed by atoms with Gasteiger partial charge in [0.25, 0.3) is 5.78 Å². The average molecular weight is 245 g/mol. The van der Waals surface area contributed by atoms with E-state index >= 15 is 0 Å². The number of carbonyl (C=O) groups excluding carboxylic acids is 2.